The van der Waals surface area contributed by atoms with Crippen molar-refractivity contribution < 1.29 is 9.47 Å². The third-order valence-electron chi connectivity index (χ3n) is 3.07. The van der Waals surface area contributed by atoms with Gasteiger partial charge >= 0.3 is 0 Å². The van der Waals surface area contributed by atoms with Crippen molar-refractivity contribution in [3.8, 4) is 17.2 Å². The monoisotopic (exact) mass is 285 g/mol. The van der Waals surface area contributed by atoms with Crippen molar-refractivity contribution in [3.63, 3.8) is 0 Å². The van der Waals surface area contributed by atoms with E-state index in [0.717, 1.165) is 42.3 Å². The number of hydrogen-bond acceptors (Lipinski definition) is 3. The molecule has 3 heteroatoms. The first kappa shape index (κ1) is 15.4. The first-order valence-corrected chi connectivity index (χ1v) is 7.53. The van der Waals surface area contributed by atoms with Crippen molar-refractivity contribution in [2.45, 2.75) is 26.8 Å². The van der Waals surface area contributed by atoms with Gasteiger partial charge in [-0.15, -0.1) is 0 Å². The summed E-state index contributed by atoms with van der Waals surface area (Å²) in [5.41, 5.74) is 1.14. The van der Waals surface area contributed by atoms with Gasteiger partial charge in [-0.1, -0.05) is 44.2 Å². The Balaban J connectivity index is 2.18. The van der Waals surface area contributed by atoms with Gasteiger partial charge in [0.05, 0.1) is 6.61 Å². The van der Waals surface area contributed by atoms with E-state index < -0.39 is 0 Å². The molecule has 0 aliphatic rings. The summed E-state index contributed by atoms with van der Waals surface area (Å²) in [6.07, 6.45) is 0.978. The zero-order valence-electron chi connectivity index (χ0n) is 12.8. The number of ether oxygens (including phenoxy) is 2. The zero-order valence-corrected chi connectivity index (χ0v) is 12.8. The van der Waals surface area contributed by atoms with E-state index in [4.69, 9.17) is 9.47 Å². The van der Waals surface area contributed by atoms with Gasteiger partial charge in [0.1, 0.15) is 5.75 Å². The SMILES string of the molecule is CCCOc1ccccc1Oc1ccccc1CNCC. The second-order valence-electron chi connectivity index (χ2n) is 4.79. The number of benzene rings is 2. The fourth-order valence-electron chi connectivity index (χ4n) is 1.99. The minimum absolute atomic E-state index is 0.694. The van der Waals surface area contributed by atoms with Crippen LogP contribution in [0.15, 0.2) is 48.5 Å². The molecule has 21 heavy (non-hydrogen) atoms. The Hall–Kier alpha value is -2.00. The first-order chi connectivity index (χ1) is 10.3. The zero-order chi connectivity index (χ0) is 14.9. The van der Waals surface area contributed by atoms with Gasteiger partial charge in [-0.2, -0.15) is 0 Å². The van der Waals surface area contributed by atoms with Crippen molar-refractivity contribution in [2.75, 3.05) is 13.2 Å². The van der Waals surface area contributed by atoms with E-state index >= 15 is 0 Å². The maximum atomic E-state index is 6.07. The van der Waals surface area contributed by atoms with Gasteiger partial charge in [0.25, 0.3) is 0 Å². The predicted molar refractivity (Wildman–Crippen MR) is 86.1 cm³/mol. The van der Waals surface area contributed by atoms with E-state index in [9.17, 15) is 0 Å². The van der Waals surface area contributed by atoms with Crippen LogP contribution in [0.3, 0.4) is 0 Å². The van der Waals surface area contributed by atoms with Crippen molar-refractivity contribution in [1.29, 1.82) is 0 Å². The molecule has 0 fully saturated rings. The highest BCUT2D eigenvalue weighted by Crippen LogP contribution is 2.32. The molecule has 0 amide bonds. The summed E-state index contributed by atoms with van der Waals surface area (Å²) in [6.45, 7) is 6.61. The molecule has 2 aromatic rings. The lowest BCUT2D eigenvalue weighted by Gasteiger charge is -2.14. The molecule has 2 rings (SSSR count). The minimum Gasteiger partial charge on any atom is -0.490 e. The second-order valence-corrected chi connectivity index (χ2v) is 4.79. The van der Waals surface area contributed by atoms with Crippen LogP contribution < -0.4 is 14.8 Å². The Labute approximate surface area is 126 Å². The molecule has 0 bridgehead atoms. The molecular weight excluding hydrogens is 262 g/mol. The van der Waals surface area contributed by atoms with Crippen LogP contribution in [0.4, 0.5) is 0 Å². The summed E-state index contributed by atoms with van der Waals surface area (Å²) in [6, 6.07) is 15.9. The van der Waals surface area contributed by atoms with E-state index in [-0.39, 0.29) is 0 Å². The van der Waals surface area contributed by atoms with Crippen molar-refractivity contribution in [3.05, 3.63) is 54.1 Å². The van der Waals surface area contributed by atoms with Gasteiger partial charge in [0.15, 0.2) is 11.5 Å². The predicted octanol–water partition coefficient (Wildman–Crippen LogP) is 4.38. The van der Waals surface area contributed by atoms with Crippen LogP contribution in [-0.4, -0.2) is 13.2 Å². The van der Waals surface area contributed by atoms with Gasteiger partial charge in [0.2, 0.25) is 0 Å². The maximum Gasteiger partial charge on any atom is 0.169 e. The summed E-state index contributed by atoms with van der Waals surface area (Å²) in [4.78, 5) is 0. The van der Waals surface area contributed by atoms with Crippen LogP contribution >= 0.6 is 0 Å². The molecule has 1 N–H and O–H groups in total. The van der Waals surface area contributed by atoms with Crippen molar-refractivity contribution in [1.82, 2.24) is 5.32 Å². The average molecular weight is 285 g/mol. The first-order valence-electron chi connectivity index (χ1n) is 7.53. The topological polar surface area (TPSA) is 30.5 Å². The Kier molecular flexibility index (Phi) is 6.10. The highest BCUT2D eigenvalue weighted by molar-refractivity contribution is 5.44. The van der Waals surface area contributed by atoms with Crippen LogP contribution in [0, 0.1) is 0 Å². The smallest absolute Gasteiger partial charge is 0.169 e. The molecule has 0 unspecified atom stereocenters. The minimum atomic E-state index is 0.694. The molecule has 0 saturated carbocycles. The number of rotatable bonds is 8. The summed E-state index contributed by atoms with van der Waals surface area (Å²) in [7, 11) is 0. The van der Waals surface area contributed by atoms with Crippen LogP contribution in [0.25, 0.3) is 0 Å². The molecule has 112 valence electrons. The Morgan fingerprint density at radius 2 is 1.52 bits per heavy atom. The molecule has 0 aliphatic carbocycles. The van der Waals surface area contributed by atoms with Gasteiger partial charge in [-0.05, 0) is 31.2 Å². The van der Waals surface area contributed by atoms with Gasteiger partial charge < -0.3 is 14.8 Å². The molecule has 2 aromatic carbocycles. The third-order valence-corrected chi connectivity index (χ3v) is 3.07. The highest BCUT2D eigenvalue weighted by Gasteiger charge is 2.08. The molecule has 0 atom stereocenters. The average Bonchev–Trinajstić information content (AvgIpc) is 2.53. The fraction of sp³-hybridized carbons (Fsp3) is 0.333. The van der Waals surface area contributed by atoms with Crippen LogP contribution in [-0.2, 0) is 6.54 Å². The van der Waals surface area contributed by atoms with E-state index in [2.05, 4.69) is 25.2 Å². The quantitative estimate of drug-likeness (QED) is 0.781. The standard InChI is InChI=1S/C18H23NO2/c1-3-13-20-17-11-7-8-12-18(17)21-16-10-6-5-9-15(16)14-19-4-2/h5-12,19H,3-4,13-14H2,1-2H3. The molecule has 0 aliphatic heterocycles. The fourth-order valence-corrected chi connectivity index (χ4v) is 1.99. The van der Waals surface area contributed by atoms with Gasteiger partial charge in [-0.3, -0.25) is 0 Å². The highest BCUT2D eigenvalue weighted by atomic mass is 16.5. The Morgan fingerprint density at radius 1 is 0.857 bits per heavy atom. The van der Waals surface area contributed by atoms with Crippen LogP contribution in [0.5, 0.6) is 17.2 Å². The molecule has 3 nitrogen and oxygen atoms in total. The summed E-state index contributed by atoms with van der Waals surface area (Å²) in [5, 5.41) is 3.33. The lowest BCUT2D eigenvalue weighted by molar-refractivity contribution is 0.301. The number of para-hydroxylation sites is 3. The third kappa shape index (κ3) is 4.50. The van der Waals surface area contributed by atoms with Gasteiger partial charge in [0, 0.05) is 12.1 Å². The van der Waals surface area contributed by atoms with E-state index in [1.807, 2.05) is 42.5 Å². The van der Waals surface area contributed by atoms with E-state index in [0.29, 0.717) is 6.61 Å². The van der Waals surface area contributed by atoms with Crippen molar-refractivity contribution >= 4 is 0 Å². The Morgan fingerprint density at radius 3 is 2.24 bits per heavy atom. The molecular formula is C18H23NO2. The van der Waals surface area contributed by atoms with Crippen LogP contribution in [0.1, 0.15) is 25.8 Å². The van der Waals surface area contributed by atoms with E-state index in [1.54, 1.807) is 0 Å². The number of hydrogen-bond donors (Lipinski definition) is 1. The Bertz CT molecular complexity index is 505. The summed E-state index contributed by atoms with van der Waals surface area (Å²) in [5.74, 6) is 2.42. The van der Waals surface area contributed by atoms with Gasteiger partial charge in [-0.25, -0.2) is 0 Å². The normalized spacial score (nSPS) is 10.4. The molecule has 0 saturated heterocycles. The molecule has 0 radical (unpaired) electrons. The molecule has 0 heterocycles. The van der Waals surface area contributed by atoms with Crippen molar-refractivity contribution in [2.24, 2.45) is 0 Å². The largest absolute Gasteiger partial charge is 0.490 e. The maximum absolute atomic E-state index is 6.07. The lowest BCUT2D eigenvalue weighted by Crippen LogP contribution is -2.12. The molecule has 0 aromatic heterocycles. The van der Waals surface area contributed by atoms with E-state index in [1.165, 1.54) is 0 Å². The molecule has 0 spiro atoms. The second kappa shape index (κ2) is 8.32. The lowest BCUT2D eigenvalue weighted by atomic mass is 10.2. The van der Waals surface area contributed by atoms with Crippen LogP contribution in [0.2, 0.25) is 0 Å². The number of nitrogens with one attached hydrogen (secondary N) is 1. The summed E-state index contributed by atoms with van der Waals surface area (Å²) < 4.78 is 11.8. The summed E-state index contributed by atoms with van der Waals surface area (Å²) >= 11 is 0.